The quantitative estimate of drug-likeness (QED) is 0.793. The normalized spacial score (nSPS) is 26.4. The van der Waals surface area contributed by atoms with Crippen LogP contribution in [0.15, 0.2) is 18.5 Å². The zero-order chi connectivity index (χ0) is 10.8. The Kier molecular flexibility index (Phi) is 2.93. The van der Waals surface area contributed by atoms with Crippen LogP contribution in [0.25, 0.3) is 0 Å². The van der Waals surface area contributed by atoms with Crippen molar-refractivity contribution in [3.63, 3.8) is 0 Å². The average Bonchev–Trinajstić information content (AvgIpc) is 2.83. The van der Waals surface area contributed by atoms with Crippen LogP contribution in [0.5, 0.6) is 0 Å². The summed E-state index contributed by atoms with van der Waals surface area (Å²) >= 11 is 0. The van der Waals surface area contributed by atoms with Gasteiger partial charge >= 0.3 is 0 Å². The standard InChI is InChI=1S/C12H20N4/c1-5-14-16(7-1)9-6-13-11-4-8-15(10-11)12-2-3-12/h1,5,7,11-13H,2-4,6,8-10H2. The van der Waals surface area contributed by atoms with Gasteiger partial charge in [-0.25, -0.2) is 0 Å². The molecule has 1 aliphatic carbocycles. The van der Waals surface area contributed by atoms with E-state index in [2.05, 4.69) is 15.3 Å². The topological polar surface area (TPSA) is 33.1 Å². The van der Waals surface area contributed by atoms with Crippen LogP contribution < -0.4 is 5.32 Å². The van der Waals surface area contributed by atoms with Crippen LogP contribution in [0.3, 0.4) is 0 Å². The van der Waals surface area contributed by atoms with Gasteiger partial charge in [0.25, 0.3) is 0 Å². The largest absolute Gasteiger partial charge is 0.311 e. The summed E-state index contributed by atoms with van der Waals surface area (Å²) in [5.41, 5.74) is 0. The minimum absolute atomic E-state index is 0.705. The molecule has 2 fully saturated rings. The van der Waals surface area contributed by atoms with Crippen LogP contribution in [-0.2, 0) is 6.54 Å². The van der Waals surface area contributed by atoms with E-state index < -0.39 is 0 Å². The number of aromatic nitrogens is 2. The van der Waals surface area contributed by atoms with Gasteiger partial charge in [0.05, 0.1) is 6.54 Å². The molecule has 1 aromatic heterocycles. The third-order valence-electron chi connectivity index (χ3n) is 3.62. The lowest BCUT2D eigenvalue weighted by molar-refractivity contribution is 0.316. The van der Waals surface area contributed by atoms with Gasteiger partial charge in [0.1, 0.15) is 0 Å². The lowest BCUT2D eigenvalue weighted by atomic mass is 10.2. The molecule has 4 nitrogen and oxygen atoms in total. The molecule has 1 saturated heterocycles. The molecule has 0 bridgehead atoms. The van der Waals surface area contributed by atoms with Crippen molar-refractivity contribution in [3.05, 3.63) is 18.5 Å². The van der Waals surface area contributed by atoms with Gasteiger partial charge in [0.15, 0.2) is 0 Å². The Hall–Kier alpha value is -0.870. The van der Waals surface area contributed by atoms with Crippen molar-refractivity contribution in [2.24, 2.45) is 0 Å². The minimum Gasteiger partial charge on any atom is -0.311 e. The lowest BCUT2D eigenvalue weighted by Crippen LogP contribution is -2.35. The Morgan fingerprint density at radius 2 is 2.25 bits per heavy atom. The number of nitrogens with one attached hydrogen (secondary N) is 1. The first-order valence-corrected chi connectivity index (χ1v) is 6.37. The lowest BCUT2D eigenvalue weighted by Gasteiger charge is -2.15. The first-order chi connectivity index (χ1) is 7.92. The maximum Gasteiger partial charge on any atom is 0.0534 e. The van der Waals surface area contributed by atoms with Gasteiger partial charge in [-0.2, -0.15) is 5.10 Å². The highest BCUT2D eigenvalue weighted by molar-refractivity contribution is 4.91. The van der Waals surface area contributed by atoms with Crippen LogP contribution in [0.2, 0.25) is 0 Å². The molecule has 0 aromatic carbocycles. The first-order valence-electron chi connectivity index (χ1n) is 6.37. The van der Waals surface area contributed by atoms with E-state index in [1.165, 1.54) is 32.4 Å². The number of likely N-dealkylation sites (tertiary alicyclic amines) is 1. The van der Waals surface area contributed by atoms with Gasteiger partial charge in [0.2, 0.25) is 0 Å². The third-order valence-corrected chi connectivity index (χ3v) is 3.62. The molecular formula is C12H20N4. The second-order valence-corrected chi connectivity index (χ2v) is 4.93. The second-order valence-electron chi connectivity index (χ2n) is 4.93. The summed E-state index contributed by atoms with van der Waals surface area (Å²) < 4.78 is 1.99. The molecule has 16 heavy (non-hydrogen) atoms. The zero-order valence-corrected chi connectivity index (χ0v) is 9.68. The maximum atomic E-state index is 4.20. The minimum atomic E-state index is 0.705. The van der Waals surface area contributed by atoms with Crippen LogP contribution in [0, 0.1) is 0 Å². The van der Waals surface area contributed by atoms with Gasteiger partial charge in [-0.3, -0.25) is 9.58 Å². The molecule has 0 radical (unpaired) electrons. The Morgan fingerprint density at radius 3 is 3.00 bits per heavy atom. The predicted octanol–water partition coefficient (Wildman–Crippen LogP) is 0.709. The van der Waals surface area contributed by atoms with Crippen molar-refractivity contribution < 1.29 is 0 Å². The second kappa shape index (κ2) is 4.55. The Bertz CT molecular complexity index is 318. The van der Waals surface area contributed by atoms with Crippen molar-refractivity contribution in [3.8, 4) is 0 Å². The highest BCUT2D eigenvalue weighted by Crippen LogP contribution is 2.29. The van der Waals surface area contributed by atoms with Crippen LogP contribution in [0.4, 0.5) is 0 Å². The number of nitrogens with zero attached hydrogens (tertiary/aromatic N) is 3. The average molecular weight is 220 g/mol. The van der Waals surface area contributed by atoms with Crippen molar-refractivity contribution in [2.75, 3.05) is 19.6 Å². The van der Waals surface area contributed by atoms with E-state index in [-0.39, 0.29) is 0 Å². The number of hydrogen-bond acceptors (Lipinski definition) is 3. The van der Waals surface area contributed by atoms with E-state index >= 15 is 0 Å². The zero-order valence-electron chi connectivity index (χ0n) is 9.68. The Labute approximate surface area is 96.6 Å². The molecule has 1 N–H and O–H groups in total. The summed E-state index contributed by atoms with van der Waals surface area (Å²) in [7, 11) is 0. The van der Waals surface area contributed by atoms with Crippen molar-refractivity contribution in [2.45, 2.75) is 37.9 Å². The van der Waals surface area contributed by atoms with Crippen molar-refractivity contribution in [1.82, 2.24) is 20.0 Å². The van der Waals surface area contributed by atoms with E-state index in [0.29, 0.717) is 6.04 Å². The Balaban J connectivity index is 1.36. The molecule has 2 aliphatic rings. The first kappa shape index (κ1) is 10.3. The van der Waals surface area contributed by atoms with E-state index in [1.807, 2.05) is 23.1 Å². The van der Waals surface area contributed by atoms with Gasteiger partial charge < -0.3 is 5.32 Å². The summed E-state index contributed by atoms with van der Waals surface area (Å²) in [4.78, 5) is 2.64. The van der Waals surface area contributed by atoms with Gasteiger partial charge in [-0.05, 0) is 25.3 Å². The van der Waals surface area contributed by atoms with Crippen LogP contribution in [-0.4, -0.2) is 46.4 Å². The fraction of sp³-hybridized carbons (Fsp3) is 0.750. The van der Waals surface area contributed by atoms with E-state index in [9.17, 15) is 0 Å². The third kappa shape index (κ3) is 2.44. The molecule has 2 heterocycles. The fourth-order valence-electron chi connectivity index (χ4n) is 2.54. The molecule has 0 amide bonds. The smallest absolute Gasteiger partial charge is 0.0534 e. The summed E-state index contributed by atoms with van der Waals surface area (Å²) in [5.74, 6) is 0. The van der Waals surface area contributed by atoms with Crippen molar-refractivity contribution >= 4 is 0 Å². The molecular weight excluding hydrogens is 200 g/mol. The van der Waals surface area contributed by atoms with Gasteiger partial charge in [-0.1, -0.05) is 0 Å². The molecule has 88 valence electrons. The predicted molar refractivity (Wildman–Crippen MR) is 63.2 cm³/mol. The SMILES string of the molecule is c1cnn(CCNC2CCN(C3CC3)C2)c1. The number of rotatable bonds is 5. The molecule has 1 atom stereocenters. The number of hydrogen-bond donors (Lipinski definition) is 1. The highest BCUT2D eigenvalue weighted by Gasteiger charge is 2.33. The monoisotopic (exact) mass is 220 g/mol. The van der Waals surface area contributed by atoms with Gasteiger partial charge in [0, 0.05) is 44.1 Å². The summed E-state index contributed by atoms with van der Waals surface area (Å²) in [6.07, 6.45) is 8.03. The molecule has 3 rings (SSSR count). The van der Waals surface area contributed by atoms with Crippen LogP contribution >= 0.6 is 0 Å². The highest BCUT2D eigenvalue weighted by atomic mass is 15.3. The fourth-order valence-corrected chi connectivity index (χ4v) is 2.54. The molecule has 0 spiro atoms. The molecule has 1 saturated carbocycles. The van der Waals surface area contributed by atoms with E-state index in [0.717, 1.165) is 19.1 Å². The molecule has 4 heteroatoms. The van der Waals surface area contributed by atoms with Gasteiger partial charge in [-0.15, -0.1) is 0 Å². The molecule has 1 aromatic rings. The Morgan fingerprint density at radius 1 is 1.31 bits per heavy atom. The summed E-state index contributed by atoms with van der Waals surface area (Å²) in [6, 6.07) is 3.61. The van der Waals surface area contributed by atoms with E-state index in [4.69, 9.17) is 0 Å². The maximum absolute atomic E-state index is 4.20. The van der Waals surface area contributed by atoms with Crippen molar-refractivity contribution in [1.29, 1.82) is 0 Å². The summed E-state index contributed by atoms with van der Waals surface area (Å²) in [5, 5.41) is 7.83. The molecule has 1 aliphatic heterocycles. The summed E-state index contributed by atoms with van der Waals surface area (Å²) in [6.45, 7) is 4.56. The van der Waals surface area contributed by atoms with E-state index in [1.54, 1.807) is 0 Å². The molecule has 1 unspecified atom stereocenters. The van der Waals surface area contributed by atoms with Crippen LogP contribution in [0.1, 0.15) is 19.3 Å².